The zero-order valence-corrected chi connectivity index (χ0v) is 8.61. The maximum Gasteiger partial charge on any atom is -0.0246 e. The summed E-state index contributed by atoms with van der Waals surface area (Å²) in [6.07, 6.45) is 6.66. The lowest BCUT2D eigenvalue weighted by atomic mass is 9.92. The second kappa shape index (κ2) is 6.69. The van der Waals surface area contributed by atoms with E-state index in [1.54, 1.807) is 5.92 Å². The smallest absolute Gasteiger partial charge is 0.0246 e. The fourth-order valence-corrected chi connectivity index (χ4v) is 1.26. The summed E-state index contributed by atoms with van der Waals surface area (Å²) in [5.41, 5.74) is 0. The van der Waals surface area contributed by atoms with E-state index in [0.29, 0.717) is 0 Å². The van der Waals surface area contributed by atoms with Crippen molar-refractivity contribution in [1.82, 2.24) is 0 Å². The first kappa shape index (κ1) is 11.0. The van der Waals surface area contributed by atoms with E-state index in [9.17, 15) is 0 Å². The largest absolute Gasteiger partial charge is 0.0651 e. The van der Waals surface area contributed by atoms with Crippen molar-refractivity contribution in [3.05, 3.63) is 5.92 Å². The Morgan fingerprint density at radius 2 is 1.64 bits per heavy atom. The third-order valence-corrected chi connectivity index (χ3v) is 2.69. The van der Waals surface area contributed by atoms with Crippen molar-refractivity contribution in [3.63, 3.8) is 0 Å². The van der Waals surface area contributed by atoms with Gasteiger partial charge in [-0.3, -0.25) is 0 Å². The molecule has 0 aromatic rings. The highest BCUT2D eigenvalue weighted by Gasteiger charge is 2.05. The van der Waals surface area contributed by atoms with Crippen molar-refractivity contribution in [3.8, 4) is 0 Å². The van der Waals surface area contributed by atoms with Crippen molar-refractivity contribution < 1.29 is 0 Å². The van der Waals surface area contributed by atoms with Crippen LogP contribution < -0.4 is 0 Å². The molecule has 1 atom stereocenters. The standard InChI is InChI=1S/C11H23/c1-5-10(4)8-9-11(6-2)7-3/h10H,5-9H2,1-4H3. The van der Waals surface area contributed by atoms with Crippen LogP contribution in [-0.4, -0.2) is 0 Å². The molecule has 0 rings (SSSR count). The van der Waals surface area contributed by atoms with Gasteiger partial charge in [-0.2, -0.15) is 0 Å². The maximum absolute atomic E-state index is 2.35. The van der Waals surface area contributed by atoms with Gasteiger partial charge in [0.15, 0.2) is 0 Å². The predicted molar refractivity (Wildman–Crippen MR) is 52.5 cm³/mol. The summed E-state index contributed by atoms with van der Waals surface area (Å²) in [6, 6.07) is 0. The molecule has 0 bridgehead atoms. The van der Waals surface area contributed by atoms with Gasteiger partial charge in [0.05, 0.1) is 0 Å². The SMILES string of the molecule is CC[C](CC)CCC(C)CC. The maximum atomic E-state index is 2.35. The van der Waals surface area contributed by atoms with E-state index in [0.717, 1.165) is 5.92 Å². The molecule has 67 valence electrons. The Labute approximate surface area is 72.4 Å². The highest BCUT2D eigenvalue weighted by atomic mass is 14.1. The lowest BCUT2D eigenvalue weighted by Crippen LogP contribution is -1.98. The van der Waals surface area contributed by atoms with Crippen LogP contribution in [0, 0.1) is 11.8 Å². The van der Waals surface area contributed by atoms with Crippen molar-refractivity contribution in [2.75, 3.05) is 0 Å². The summed E-state index contributed by atoms with van der Waals surface area (Å²) in [4.78, 5) is 0. The Balaban J connectivity index is 3.34. The van der Waals surface area contributed by atoms with E-state index in [1.807, 2.05) is 0 Å². The topological polar surface area (TPSA) is 0 Å². The van der Waals surface area contributed by atoms with Crippen LogP contribution in [0.3, 0.4) is 0 Å². The van der Waals surface area contributed by atoms with Crippen molar-refractivity contribution in [2.45, 2.75) is 59.8 Å². The lowest BCUT2D eigenvalue weighted by Gasteiger charge is -2.14. The van der Waals surface area contributed by atoms with Crippen LogP contribution in [0.15, 0.2) is 0 Å². The predicted octanol–water partition coefficient (Wildman–Crippen LogP) is 4.21. The first-order valence-electron chi connectivity index (χ1n) is 5.08. The average Bonchev–Trinajstić information content (AvgIpc) is 2.06. The van der Waals surface area contributed by atoms with Gasteiger partial charge in [-0.1, -0.05) is 40.5 Å². The van der Waals surface area contributed by atoms with E-state index in [-0.39, 0.29) is 0 Å². The second-order valence-corrected chi connectivity index (χ2v) is 3.51. The van der Waals surface area contributed by atoms with Gasteiger partial charge in [0.25, 0.3) is 0 Å². The number of hydrogen-bond donors (Lipinski definition) is 0. The molecule has 11 heavy (non-hydrogen) atoms. The van der Waals surface area contributed by atoms with Gasteiger partial charge >= 0.3 is 0 Å². The fourth-order valence-electron chi connectivity index (χ4n) is 1.26. The molecule has 1 unspecified atom stereocenters. The quantitative estimate of drug-likeness (QED) is 0.539. The van der Waals surface area contributed by atoms with Gasteiger partial charge in [0.2, 0.25) is 0 Å². The molecule has 0 heteroatoms. The van der Waals surface area contributed by atoms with E-state index in [1.165, 1.54) is 32.1 Å². The summed E-state index contributed by atoms with van der Waals surface area (Å²) in [7, 11) is 0. The van der Waals surface area contributed by atoms with Crippen LogP contribution in [0.1, 0.15) is 59.8 Å². The average molecular weight is 155 g/mol. The Bertz CT molecular complexity index is 72.1. The van der Waals surface area contributed by atoms with Crippen LogP contribution in [0.4, 0.5) is 0 Å². The van der Waals surface area contributed by atoms with Crippen molar-refractivity contribution in [2.24, 2.45) is 5.92 Å². The molecule has 0 N–H and O–H groups in total. The zero-order valence-electron chi connectivity index (χ0n) is 8.61. The number of rotatable bonds is 6. The van der Waals surface area contributed by atoms with Crippen molar-refractivity contribution in [1.29, 1.82) is 0 Å². The summed E-state index contributed by atoms with van der Waals surface area (Å²) in [6.45, 7) is 9.18. The highest BCUT2D eigenvalue weighted by Crippen LogP contribution is 2.21. The third-order valence-electron chi connectivity index (χ3n) is 2.69. The molecule has 0 aliphatic rings. The fraction of sp³-hybridized carbons (Fsp3) is 0.909. The molecule has 0 spiro atoms. The van der Waals surface area contributed by atoms with Gasteiger partial charge in [-0.25, -0.2) is 0 Å². The molecule has 0 heterocycles. The summed E-state index contributed by atoms with van der Waals surface area (Å²) >= 11 is 0. The first-order valence-corrected chi connectivity index (χ1v) is 5.08. The van der Waals surface area contributed by atoms with E-state index < -0.39 is 0 Å². The van der Waals surface area contributed by atoms with Crippen LogP contribution in [0.5, 0.6) is 0 Å². The molecule has 0 aliphatic heterocycles. The Hall–Kier alpha value is 0. The summed E-state index contributed by atoms with van der Waals surface area (Å²) in [5, 5.41) is 0. The number of hydrogen-bond acceptors (Lipinski definition) is 0. The molecule has 0 aromatic heterocycles. The van der Waals surface area contributed by atoms with Crippen LogP contribution in [0.25, 0.3) is 0 Å². The third kappa shape index (κ3) is 5.29. The molecule has 0 aromatic carbocycles. The van der Waals surface area contributed by atoms with Gasteiger partial charge in [0.1, 0.15) is 0 Å². The van der Waals surface area contributed by atoms with Gasteiger partial charge < -0.3 is 0 Å². The van der Waals surface area contributed by atoms with Gasteiger partial charge in [-0.05, 0) is 31.1 Å². The molecule has 0 saturated carbocycles. The summed E-state index contributed by atoms with van der Waals surface area (Å²) in [5.74, 6) is 2.66. The monoisotopic (exact) mass is 155 g/mol. The van der Waals surface area contributed by atoms with Gasteiger partial charge in [0, 0.05) is 0 Å². The summed E-state index contributed by atoms with van der Waals surface area (Å²) < 4.78 is 0. The molecular weight excluding hydrogens is 132 g/mol. The molecule has 0 amide bonds. The van der Waals surface area contributed by atoms with E-state index in [4.69, 9.17) is 0 Å². The molecule has 0 aliphatic carbocycles. The minimum atomic E-state index is 0.920. The van der Waals surface area contributed by atoms with E-state index in [2.05, 4.69) is 27.7 Å². The first-order chi connectivity index (χ1) is 5.24. The minimum Gasteiger partial charge on any atom is -0.0651 e. The van der Waals surface area contributed by atoms with Crippen molar-refractivity contribution >= 4 is 0 Å². The second-order valence-electron chi connectivity index (χ2n) is 3.51. The Morgan fingerprint density at radius 1 is 1.09 bits per heavy atom. The normalized spacial score (nSPS) is 13.9. The lowest BCUT2D eigenvalue weighted by molar-refractivity contribution is 0.487. The molecule has 0 nitrogen and oxygen atoms in total. The zero-order chi connectivity index (χ0) is 8.69. The minimum absolute atomic E-state index is 0.920. The highest BCUT2D eigenvalue weighted by molar-refractivity contribution is 4.86. The van der Waals surface area contributed by atoms with Crippen LogP contribution in [-0.2, 0) is 0 Å². The van der Waals surface area contributed by atoms with Gasteiger partial charge in [-0.15, -0.1) is 0 Å². The molecular formula is C11H23. The van der Waals surface area contributed by atoms with Crippen LogP contribution >= 0.6 is 0 Å². The van der Waals surface area contributed by atoms with Crippen LogP contribution in [0.2, 0.25) is 0 Å². The Morgan fingerprint density at radius 3 is 2.00 bits per heavy atom. The molecule has 1 radical (unpaired) electrons. The molecule has 0 fully saturated rings. The Kier molecular flexibility index (Phi) is 6.69. The van der Waals surface area contributed by atoms with E-state index >= 15 is 0 Å². The molecule has 0 saturated heterocycles.